The molecule has 0 radical (unpaired) electrons. The summed E-state index contributed by atoms with van der Waals surface area (Å²) in [5, 5.41) is 2.96. The summed E-state index contributed by atoms with van der Waals surface area (Å²) in [5.74, 6) is 0.123. The van der Waals surface area contributed by atoms with Crippen LogP contribution in [0.25, 0.3) is 0 Å². The van der Waals surface area contributed by atoms with Crippen molar-refractivity contribution < 1.29 is 13.2 Å². The molecule has 0 aliphatic heterocycles. The topological polar surface area (TPSA) is 66.5 Å². The number of carbonyl (C=O) groups excluding carboxylic acids is 1. The van der Waals surface area contributed by atoms with Crippen molar-refractivity contribution in [3.05, 3.63) is 59.2 Å². The van der Waals surface area contributed by atoms with E-state index in [-0.39, 0.29) is 17.3 Å². The molecule has 5 nitrogen and oxygen atoms in total. The van der Waals surface area contributed by atoms with E-state index in [4.69, 9.17) is 0 Å². The third-order valence-electron chi connectivity index (χ3n) is 5.65. The van der Waals surface area contributed by atoms with Crippen LogP contribution in [0, 0.1) is 26.7 Å². The lowest BCUT2D eigenvalue weighted by Gasteiger charge is -2.26. The zero-order valence-electron chi connectivity index (χ0n) is 19.4. The Morgan fingerprint density at radius 3 is 2.23 bits per heavy atom. The maximum Gasteiger partial charge on any atom is 0.264 e. The van der Waals surface area contributed by atoms with E-state index in [1.54, 1.807) is 30.3 Å². The van der Waals surface area contributed by atoms with Crippen molar-refractivity contribution >= 4 is 21.6 Å². The SMILES string of the molecule is CCCC[C@@H](CC)CNC(=O)CN(c1ccc(C)cc1C)S(=O)(=O)c1ccc(C)cc1. The summed E-state index contributed by atoms with van der Waals surface area (Å²) in [4.78, 5) is 13.0. The maximum absolute atomic E-state index is 13.5. The van der Waals surface area contributed by atoms with Crippen LogP contribution in [0.1, 0.15) is 56.2 Å². The lowest BCUT2D eigenvalue weighted by atomic mass is 9.99. The van der Waals surface area contributed by atoms with Crippen molar-refractivity contribution in [1.82, 2.24) is 5.32 Å². The van der Waals surface area contributed by atoms with Crippen LogP contribution in [0.4, 0.5) is 5.69 Å². The van der Waals surface area contributed by atoms with Crippen LogP contribution >= 0.6 is 0 Å². The molecule has 0 unspecified atom stereocenters. The highest BCUT2D eigenvalue weighted by molar-refractivity contribution is 7.92. The second-order valence-electron chi connectivity index (χ2n) is 8.34. The smallest absolute Gasteiger partial charge is 0.264 e. The van der Waals surface area contributed by atoms with Crippen molar-refractivity contribution in [3.63, 3.8) is 0 Å². The highest BCUT2D eigenvalue weighted by Crippen LogP contribution is 2.27. The molecule has 6 heteroatoms. The largest absolute Gasteiger partial charge is 0.354 e. The molecule has 1 atom stereocenters. The van der Waals surface area contributed by atoms with E-state index in [1.807, 2.05) is 32.9 Å². The molecular formula is C25H36N2O3S. The maximum atomic E-state index is 13.5. The fraction of sp³-hybridized carbons (Fsp3) is 0.480. The van der Waals surface area contributed by atoms with Gasteiger partial charge in [-0.15, -0.1) is 0 Å². The number of carbonyl (C=O) groups is 1. The quantitative estimate of drug-likeness (QED) is 0.522. The zero-order chi connectivity index (χ0) is 23.0. The summed E-state index contributed by atoms with van der Waals surface area (Å²) < 4.78 is 28.2. The number of aryl methyl sites for hydroxylation is 3. The molecule has 2 aromatic carbocycles. The Bertz CT molecular complexity index is 969. The van der Waals surface area contributed by atoms with Crippen LogP contribution < -0.4 is 9.62 Å². The van der Waals surface area contributed by atoms with Crippen LogP contribution in [0.15, 0.2) is 47.4 Å². The summed E-state index contributed by atoms with van der Waals surface area (Å²) in [6, 6.07) is 12.3. The molecule has 170 valence electrons. The van der Waals surface area contributed by atoms with Gasteiger partial charge in [0, 0.05) is 6.54 Å². The second kappa shape index (κ2) is 11.3. The standard InChI is InChI=1S/C25H36N2O3S/c1-6-8-9-22(7-2)17-26-25(28)18-27(24-15-12-20(4)16-21(24)5)31(29,30)23-13-10-19(3)11-14-23/h10-16,22H,6-9,17-18H2,1-5H3,(H,26,28)/t22-/m1/s1. The van der Waals surface area contributed by atoms with Crippen molar-refractivity contribution in [2.45, 2.75) is 65.2 Å². The Morgan fingerprint density at radius 1 is 1.00 bits per heavy atom. The van der Waals surface area contributed by atoms with Crippen molar-refractivity contribution in [2.75, 3.05) is 17.4 Å². The van der Waals surface area contributed by atoms with E-state index in [1.165, 1.54) is 4.31 Å². The third-order valence-corrected chi connectivity index (χ3v) is 7.42. The molecule has 0 aliphatic rings. The first-order valence-corrected chi connectivity index (χ1v) is 12.6. The van der Waals surface area contributed by atoms with Gasteiger partial charge < -0.3 is 5.32 Å². The van der Waals surface area contributed by atoms with Crippen LogP contribution in [0.5, 0.6) is 0 Å². The Kier molecular flexibility index (Phi) is 9.11. The molecule has 0 saturated heterocycles. The molecule has 0 aromatic heterocycles. The molecule has 0 heterocycles. The van der Waals surface area contributed by atoms with Crippen molar-refractivity contribution in [2.24, 2.45) is 5.92 Å². The summed E-state index contributed by atoms with van der Waals surface area (Å²) in [6.45, 7) is 10.3. The number of benzene rings is 2. The van der Waals surface area contributed by atoms with Gasteiger partial charge in [-0.05, 0) is 56.9 Å². The molecule has 0 saturated carbocycles. The minimum Gasteiger partial charge on any atom is -0.354 e. The number of amides is 1. The number of hydrogen-bond acceptors (Lipinski definition) is 3. The monoisotopic (exact) mass is 444 g/mol. The van der Waals surface area contributed by atoms with Crippen LogP contribution in [0.3, 0.4) is 0 Å². The third kappa shape index (κ3) is 6.82. The average molecular weight is 445 g/mol. The van der Waals surface area contributed by atoms with Gasteiger partial charge in [-0.1, -0.05) is 68.5 Å². The molecule has 2 rings (SSSR count). The molecule has 1 N–H and O–H groups in total. The fourth-order valence-corrected chi connectivity index (χ4v) is 5.10. The van der Waals surface area contributed by atoms with Crippen LogP contribution in [0.2, 0.25) is 0 Å². The van der Waals surface area contributed by atoms with Crippen LogP contribution in [-0.4, -0.2) is 27.4 Å². The molecule has 0 aliphatic carbocycles. The molecule has 2 aromatic rings. The minimum atomic E-state index is -3.89. The Morgan fingerprint density at radius 2 is 1.65 bits per heavy atom. The zero-order valence-corrected chi connectivity index (χ0v) is 20.3. The highest BCUT2D eigenvalue weighted by atomic mass is 32.2. The normalized spacial score (nSPS) is 12.4. The first-order valence-electron chi connectivity index (χ1n) is 11.1. The first-order chi connectivity index (χ1) is 14.7. The number of anilines is 1. The second-order valence-corrected chi connectivity index (χ2v) is 10.2. The van der Waals surface area contributed by atoms with E-state index < -0.39 is 10.0 Å². The van der Waals surface area contributed by atoms with Crippen LogP contribution in [-0.2, 0) is 14.8 Å². The van der Waals surface area contributed by atoms with Gasteiger partial charge in [-0.2, -0.15) is 0 Å². The Hall–Kier alpha value is -2.34. The summed E-state index contributed by atoms with van der Waals surface area (Å²) in [6.07, 6.45) is 4.31. The molecule has 31 heavy (non-hydrogen) atoms. The predicted molar refractivity (Wildman–Crippen MR) is 128 cm³/mol. The Balaban J connectivity index is 2.30. The lowest BCUT2D eigenvalue weighted by Crippen LogP contribution is -2.42. The summed E-state index contributed by atoms with van der Waals surface area (Å²) in [7, 11) is -3.89. The summed E-state index contributed by atoms with van der Waals surface area (Å²) >= 11 is 0. The number of nitrogens with one attached hydrogen (secondary N) is 1. The number of hydrogen-bond donors (Lipinski definition) is 1. The van der Waals surface area contributed by atoms with Crippen molar-refractivity contribution in [3.8, 4) is 0 Å². The van der Waals surface area contributed by atoms with Gasteiger partial charge in [-0.25, -0.2) is 8.42 Å². The Labute approximate surface area is 187 Å². The first kappa shape index (κ1) is 24.9. The van der Waals surface area contributed by atoms with Gasteiger partial charge in [0.05, 0.1) is 10.6 Å². The number of nitrogens with zero attached hydrogens (tertiary/aromatic N) is 1. The minimum absolute atomic E-state index is 0.181. The predicted octanol–water partition coefficient (Wildman–Crippen LogP) is 5.14. The number of rotatable bonds is 11. The van der Waals surface area contributed by atoms with E-state index in [0.717, 1.165) is 42.4 Å². The lowest BCUT2D eigenvalue weighted by molar-refractivity contribution is -0.119. The summed E-state index contributed by atoms with van der Waals surface area (Å²) in [5.41, 5.74) is 3.37. The van der Waals surface area contributed by atoms with Gasteiger partial charge in [0.1, 0.15) is 6.54 Å². The average Bonchev–Trinajstić information content (AvgIpc) is 2.73. The number of sulfonamides is 1. The van der Waals surface area contributed by atoms with Gasteiger partial charge >= 0.3 is 0 Å². The van der Waals surface area contributed by atoms with E-state index in [9.17, 15) is 13.2 Å². The highest BCUT2D eigenvalue weighted by Gasteiger charge is 2.28. The molecule has 0 spiro atoms. The van der Waals surface area contributed by atoms with Gasteiger partial charge in [0.25, 0.3) is 10.0 Å². The molecular weight excluding hydrogens is 408 g/mol. The van der Waals surface area contributed by atoms with E-state index in [0.29, 0.717) is 18.2 Å². The van der Waals surface area contributed by atoms with E-state index >= 15 is 0 Å². The molecule has 1 amide bonds. The number of unbranched alkanes of at least 4 members (excludes halogenated alkanes) is 1. The van der Waals surface area contributed by atoms with E-state index in [2.05, 4.69) is 19.2 Å². The van der Waals surface area contributed by atoms with Gasteiger partial charge in [-0.3, -0.25) is 9.10 Å². The van der Waals surface area contributed by atoms with Gasteiger partial charge in [0.15, 0.2) is 0 Å². The molecule has 0 fully saturated rings. The molecule has 0 bridgehead atoms. The fourth-order valence-electron chi connectivity index (χ4n) is 3.61. The van der Waals surface area contributed by atoms with Gasteiger partial charge in [0.2, 0.25) is 5.91 Å². The van der Waals surface area contributed by atoms with Crippen molar-refractivity contribution in [1.29, 1.82) is 0 Å².